The number of rotatable bonds is 4. The third kappa shape index (κ3) is 3.16. The van der Waals surface area contributed by atoms with Crippen molar-refractivity contribution in [2.45, 2.75) is 26.7 Å². The first-order valence-electron chi connectivity index (χ1n) is 8.62. The number of anilines is 1. The zero-order chi connectivity index (χ0) is 16.2. The van der Waals surface area contributed by atoms with Gasteiger partial charge in [-0.25, -0.2) is 0 Å². The van der Waals surface area contributed by atoms with E-state index in [4.69, 9.17) is 0 Å². The Hall–Kier alpha value is -2.10. The predicted molar refractivity (Wildman–Crippen MR) is 94.6 cm³/mol. The number of piperazine rings is 1. The average Bonchev–Trinajstić information content (AvgIpc) is 2.62. The quantitative estimate of drug-likeness (QED) is 0.869. The van der Waals surface area contributed by atoms with Crippen molar-refractivity contribution in [3.8, 4) is 0 Å². The van der Waals surface area contributed by atoms with E-state index in [0.29, 0.717) is 5.91 Å². The molecule has 2 aromatic rings. The molecular formula is C19H25N3O. The van der Waals surface area contributed by atoms with Crippen molar-refractivity contribution in [3.05, 3.63) is 36.5 Å². The zero-order valence-corrected chi connectivity index (χ0v) is 14.0. The van der Waals surface area contributed by atoms with E-state index in [9.17, 15) is 4.79 Å². The first kappa shape index (κ1) is 15.8. The lowest BCUT2D eigenvalue weighted by molar-refractivity contribution is -0.136. The molecular weight excluding hydrogens is 286 g/mol. The van der Waals surface area contributed by atoms with Crippen LogP contribution in [0.3, 0.4) is 0 Å². The number of benzene rings is 1. The smallest absolute Gasteiger partial charge is 0.225 e. The second-order valence-electron chi connectivity index (χ2n) is 6.18. The summed E-state index contributed by atoms with van der Waals surface area (Å²) < 4.78 is 0. The van der Waals surface area contributed by atoms with Gasteiger partial charge in [0.1, 0.15) is 0 Å². The molecule has 3 rings (SSSR count). The van der Waals surface area contributed by atoms with Crippen molar-refractivity contribution in [2.24, 2.45) is 5.92 Å². The normalized spacial score (nSPS) is 15.4. The molecule has 4 heteroatoms. The van der Waals surface area contributed by atoms with Gasteiger partial charge in [0.25, 0.3) is 0 Å². The molecule has 1 aliphatic rings. The van der Waals surface area contributed by atoms with Crippen LogP contribution in [0.5, 0.6) is 0 Å². The monoisotopic (exact) mass is 311 g/mol. The Kier molecular flexibility index (Phi) is 4.79. The van der Waals surface area contributed by atoms with Crippen LogP contribution >= 0.6 is 0 Å². The van der Waals surface area contributed by atoms with Crippen molar-refractivity contribution in [3.63, 3.8) is 0 Å². The number of carbonyl (C=O) groups excluding carboxylic acids is 1. The highest BCUT2D eigenvalue weighted by Gasteiger charge is 2.26. The SMILES string of the molecule is CCC(CC)C(=O)N1CCN(c2cccc3cccnc23)CC1. The Labute approximate surface area is 138 Å². The van der Waals surface area contributed by atoms with E-state index in [-0.39, 0.29) is 5.92 Å². The highest BCUT2D eigenvalue weighted by molar-refractivity contribution is 5.90. The van der Waals surface area contributed by atoms with E-state index >= 15 is 0 Å². The summed E-state index contributed by atoms with van der Waals surface area (Å²) in [5.74, 6) is 0.506. The number of para-hydroxylation sites is 1. The molecule has 0 atom stereocenters. The molecule has 0 N–H and O–H groups in total. The van der Waals surface area contributed by atoms with Crippen molar-refractivity contribution in [1.29, 1.82) is 0 Å². The lowest BCUT2D eigenvalue weighted by Gasteiger charge is -2.37. The van der Waals surface area contributed by atoms with E-state index in [0.717, 1.165) is 44.5 Å². The molecule has 0 saturated carbocycles. The van der Waals surface area contributed by atoms with Crippen LogP contribution in [0.2, 0.25) is 0 Å². The second kappa shape index (κ2) is 6.99. The van der Waals surface area contributed by atoms with Gasteiger partial charge in [-0.3, -0.25) is 9.78 Å². The van der Waals surface area contributed by atoms with Gasteiger partial charge >= 0.3 is 0 Å². The number of fused-ring (bicyclic) bond motifs is 1. The summed E-state index contributed by atoms with van der Waals surface area (Å²) in [7, 11) is 0. The van der Waals surface area contributed by atoms with E-state index in [1.54, 1.807) is 0 Å². The van der Waals surface area contributed by atoms with Crippen LogP contribution in [-0.2, 0) is 4.79 Å². The maximum absolute atomic E-state index is 12.5. The molecule has 0 aliphatic carbocycles. The Balaban J connectivity index is 1.72. The summed E-state index contributed by atoms with van der Waals surface area (Å²) in [6.45, 7) is 7.56. The standard InChI is InChI=1S/C19H25N3O/c1-3-15(4-2)19(23)22-13-11-21(12-14-22)17-9-5-7-16-8-6-10-20-18(16)17/h5-10,15H,3-4,11-14H2,1-2H3. The summed E-state index contributed by atoms with van der Waals surface area (Å²) in [6.07, 6.45) is 3.71. The van der Waals surface area contributed by atoms with Crippen LogP contribution in [0.4, 0.5) is 5.69 Å². The molecule has 0 unspecified atom stereocenters. The van der Waals surface area contributed by atoms with Gasteiger partial charge in [0.15, 0.2) is 0 Å². The van der Waals surface area contributed by atoms with Crippen LogP contribution in [0.15, 0.2) is 36.5 Å². The molecule has 23 heavy (non-hydrogen) atoms. The summed E-state index contributed by atoms with van der Waals surface area (Å²) in [5, 5.41) is 1.17. The third-order valence-electron chi connectivity index (χ3n) is 4.88. The largest absolute Gasteiger partial charge is 0.366 e. The van der Waals surface area contributed by atoms with Gasteiger partial charge in [-0.1, -0.05) is 32.0 Å². The zero-order valence-electron chi connectivity index (χ0n) is 14.0. The molecule has 1 amide bonds. The first-order chi connectivity index (χ1) is 11.2. The molecule has 0 spiro atoms. The maximum Gasteiger partial charge on any atom is 0.225 e. The highest BCUT2D eigenvalue weighted by Crippen LogP contribution is 2.26. The van der Waals surface area contributed by atoms with Gasteiger partial charge in [-0.2, -0.15) is 0 Å². The summed E-state index contributed by atoms with van der Waals surface area (Å²) in [4.78, 5) is 21.4. The first-order valence-corrected chi connectivity index (χ1v) is 8.62. The number of nitrogens with zero attached hydrogens (tertiary/aromatic N) is 3. The van der Waals surface area contributed by atoms with Gasteiger partial charge in [-0.15, -0.1) is 0 Å². The Morgan fingerprint density at radius 2 is 1.78 bits per heavy atom. The van der Waals surface area contributed by atoms with E-state index in [1.807, 2.05) is 17.2 Å². The minimum Gasteiger partial charge on any atom is -0.366 e. The van der Waals surface area contributed by atoms with Crippen molar-refractivity contribution < 1.29 is 4.79 Å². The van der Waals surface area contributed by atoms with Crippen LogP contribution in [-0.4, -0.2) is 42.0 Å². The molecule has 0 radical (unpaired) electrons. The molecule has 1 fully saturated rings. The van der Waals surface area contributed by atoms with E-state index < -0.39 is 0 Å². The van der Waals surface area contributed by atoms with E-state index in [2.05, 4.69) is 48.0 Å². The fourth-order valence-corrected chi connectivity index (χ4v) is 3.41. The third-order valence-corrected chi connectivity index (χ3v) is 4.88. The van der Waals surface area contributed by atoms with Crippen LogP contribution in [0.1, 0.15) is 26.7 Å². The molecule has 1 aromatic heterocycles. The number of hydrogen-bond donors (Lipinski definition) is 0. The summed E-state index contributed by atoms with van der Waals surface area (Å²) in [6, 6.07) is 10.4. The summed E-state index contributed by atoms with van der Waals surface area (Å²) >= 11 is 0. The van der Waals surface area contributed by atoms with Gasteiger partial charge in [0.05, 0.1) is 11.2 Å². The molecule has 122 valence electrons. The fraction of sp³-hybridized carbons (Fsp3) is 0.474. The number of hydrogen-bond acceptors (Lipinski definition) is 3. The topological polar surface area (TPSA) is 36.4 Å². The van der Waals surface area contributed by atoms with Crippen molar-refractivity contribution >= 4 is 22.5 Å². The lowest BCUT2D eigenvalue weighted by atomic mass is 10.0. The predicted octanol–water partition coefficient (Wildman–Crippen LogP) is 3.32. The Morgan fingerprint density at radius 3 is 2.48 bits per heavy atom. The highest BCUT2D eigenvalue weighted by atomic mass is 16.2. The van der Waals surface area contributed by atoms with Gasteiger partial charge in [0, 0.05) is 43.7 Å². The number of amides is 1. The average molecular weight is 311 g/mol. The van der Waals surface area contributed by atoms with Crippen LogP contribution in [0, 0.1) is 5.92 Å². The number of carbonyl (C=O) groups is 1. The minimum atomic E-state index is 0.181. The molecule has 1 aromatic carbocycles. The van der Waals surface area contributed by atoms with E-state index in [1.165, 1.54) is 11.1 Å². The van der Waals surface area contributed by atoms with Gasteiger partial charge in [-0.05, 0) is 25.0 Å². The molecule has 2 heterocycles. The van der Waals surface area contributed by atoms with Gasteiger partial charge in [0.2, 0.25) is 5.91 Å². The molecule has 1 aliphatic heterocycles. The van der Waals surface area contributed by atoms with Gasteiger partial charge < -0.3 is 9.80 Å². The molecule has 4 nitrogen and oxygen atoms in total. The fourth-order valence-electron chi connectivity index (χ4n) is 3.41. The number of pyridine rings is 1. The molecule has 0 bridgehead atoms. The minimum absolute atomic E-state index is 0.181. The van der Waals surface area contributed by atoms with Crippen LogP contribution in [0.25, 0.3) is 10.9 Å². The number of aromatic nitrogens is 1. The van der Waals surface area contributed by atoms with Crippen LogP contribution < -0.4 is 4.90 Å². The Morgan fingerprint density at radius 1 is 1.09 bits per heavy atom. The lowest BCUT2D eigenvalue weighted by Crippen LogP contribution is -2.50. The summed E-state index contributed by atoms with van der Waals surface area (Å²) in [5.41, 5.74) is 2.23. The maximum atomic E-state index is 12.5. The van der Waals surface area contributed by atoms with Crippen molar-refractivity contribution in [2.75, 3.05) is 31.1 Å². The molecule has 1 saturated heterocycles. The Bertz CT molecular complexity index is 668. The second-order valence-corrected chi connectivity index (χ2v) is 6.18. The van der Waals surface area contributed by atoms with Crippen molar-refractivity contribution in [1.82, 2.24) is 9.88 Å².